The average Bonchev–Trinajstić information content (AvgIpc) is 2.53. The molecule has 25 heavy (non-hydrogen) atoms. The molecule has 0 aromatic heterocycles. The number of hydrogen-bond acceptors (Lipinski definition) is 4. The average molecular weight is 361 g/mol. The third kappa shape index (κ3) is 6.23. The highest BCUT2D eigenvalue weighted by molar-refractivity contribution is 7.86. The van der Waals surface area contributed by atoms with Crippen LogP contribution in [0.1, 0.15) is 29.8 Å². The molecule has 1 amide bonds. The Kier molecular flexibility index (Phi) is 6.20. The van der Waals surface area contributed by atoms with Crippen LogP contribution in [0.15, 0.2) is 54.6 Å². The minimum Gasteiger partial charge on any atom is -0.383 e. The molecule has 0 fully saturated rings. The van der Waals surface area contributed by atoms with Gasteiger partial charge >= 0.3 is 10.1 Å². The zero-order valence-electron chi connectivity index (χ0n) is 14.7. The van der Waals surface area contributed by atoms with Crippen LogP contribution in [0.2, 0.25) is 0 Å². The smallest absolute Gasteiger partial charge is 0.306 e. The molecule has 0 aliphatic heterocycles. The molecular formula is C19H23NO4S. The van der Waals surface area contributed by atoms with E-state index in [9.17, 15) is 13.2 Å². The van der Waals surface area contributed by atoms with Gasteiger partial charge in [0.1, 0.15) is 5.75 Å². The predicted molar refractivity (Wildman–Crippen MR) is 97.9 cm³/mol. The fourth-order valence-electron chi connectivity index (χ4n) is 2.51. The predicted octanol–water partition coefficient (Wildman–Crippen LogP) is 3.32. The summed E-state index contributed by atoms with van der Waals surface area (Å²) in [5.41, 5.74) is 1.44. The minimum atomic E-state index is -3.58. The van der Waals surface area contributed by atoms with Gasteiger partial charge in [0.25, 0.3) is 5.91 Å². The Morgan fingerprint density at radius 1 is 1.08 bits per heavy atom. The van der Waals surface area contributed by atoms with Gasteiger partial charge in [-0.05, 0) is 35.7 Å². The first kappa shape index (κ1) is 19.0. The first-order chi connectivity index (χ1) is 11.7. The minimum absolute atomic E-state index is 0.0521. The van der Waals surface area contributed by atoms with Crippen molar-refractivity contribution in [2.24, 2.45) is 5.92 Å². The molecule has 0 heterocycles. The van der Waals surface area contributed by atoms with E-state index in [1.807, 2.05) is 24.3 Å². The van der Waals surface area contributed by atoms with Gasteiger partial charge < -0.3 is 9.08 Å². The summed E-state index contributed by atoms with van der Waals surface area (Å²) < 4.78 is 27.5. The Morgan fingerprint density at radius 2 is 1.76 bits per heavy atom. The lowest BCUT2D eigenvalue weighted by Crippen LogP contribution is -2.33. The van der Waals surface area contributed by atoms with Crippen molar-refractivity contribution in [1.29, 1.82) is 0 Å². The third-order valence-corrected chi connectivity index (χ3v) is 3.91. The fourth-order valence-corrected chi connectivity index (χ4v) is 2.97. The van der Waals surface area contributed by atoms with Gasteiger partial charge in [-0.15, -0.1) is 0 Å². The summed E-state index contributed by atoms with van der Waals surface area (Å²) in [5.74, 6) is 0.503. The summed E-state index contributed by atoms with van der Waals surface area (Å²) in [6.07, 6.45) is 1.00. The van der Waals surface area contributed by atoms with Gasteiger partial charge in [0.2, 0.25) is 0 Å². The standard InChI is InChI=1S/C19H23NO4S/c1-15(2)13-20(19(21)17-9-5-4-6-10-17)14-16-8-7-11-18(12-16)24-25(3,22)23/h4-12,15H,13-14H2,1-3H3. The number of carbonyl (C=O) groups excluding carboxylic acids is 1. The Morgan fingerprint density at radius 3 is 2.36 bits per heavy atom. The summed E-state index contributed by atoms with van der Waals surface area (Å²) in [6.45, 7) is 5.08. The second kappa shape index (κ2) is 8.16. The van der Waals surface area contributed by atoms with Gasteiger partial charge in [0.15, 0.2) is 0 Å². The zero-order chi connectivity index (χ0) is 18.4. The summed E-state index contributed by atoms with van der Waals surface area (Å²) in [5, 5.41) is 0. The Hall–Kier alpha value is -2.34. The monoisotopic (exact) mass is 361 g/mol. The van der Waals surface area contributed by atoms with Crippen LogP contribution in [0, 0.1) is 5.92 Å². The van der Waals surface area contributed by atoms with Crippen LogP contribution in [0.5, 0.6) is 5.75 Å². The van der Waals surface area contributed by atoms with Crippen LogP contribution in [0.4, 0.5) is 0 Å². The number of hydrogen-bond donors (Lipinski definition) is 0. The molecule has 2 aromatic rings. The highest BCUT2D eigenvalue weighted by Gasteiger charge is 2.17. The van der Waals surface area contributed by atoms with E-state index in [0.29, 0.717) is 24.6 Å². The topological polar surface area (TPSA) is 63.7 Å². The molecule has 0 unspecified atom stereocenters. The molecule has 0 radical (unpaired) electrons. The highest BCUT2D eigenvalue weighted by atomic mass is 32.2. The van der Waals surface area contributed by atoms with E-state index in [2.05, 4.69) is 13.8 Å². The molecule has 0 aliphatic rings. The molecule has 0 aliphatic carbocycles. The summed E-state index contributed by atoms with van der Waals surface area (Å²) >= 11 is 0. The molecule has 0 saturated heterocycles. The molecule has 5 nitrogen and oxygen atoms in total. The Balaban J connectivity index is 2.22. The van der Waals surface area contributed by atoms with Crippen LogP contribution in [-0.4, -0.2) is 32.0 Å². The number of benzene rings is 2. The maximum Gasteiger partial charge on any atom is 0.306 e. The van der Waals surface area contributed by atoms with Gasteiger partial charge in [-0.3, -0.25) is 4.79 Å². The van der Waals surface area contributed by atoms with Crippen LogP contribution in [-0.2, 0) is 16.7 Å². The van der Waals surface area contributed by atoms with E-state index in [1.54, 1.807) is 35.2 Å². The zero-order valence-corrected chi connectivity index (χ0v) is 15.5. The van der Waals surface area contributed by atoms with Crippen molar-refractivity contribution in [1.82, 2.24) is 4.90 Å². The van der Waals surface area contributed by atoms with Crippen LogP contribution < -0.4 is 4.18 Å². The molecule has 0 bridgehead atoms. The lowest BCUT2D eigenvalue weighted by Gasteiger charge is -2.25. The lowest BCUT2D eigenvalue weighted by molar-refractivity contribution is 0.0722. The first-order valence-electron chi connectivity index (χ1n) is 8.07. The van der Waals surface area contributed by atoms with Gasteiger partial charge in [-0.2, -0.15) is 8.42 Å². The molecule has 0 saturated carbocycles. The Bertz CT molecular complexity index is 816. The van der Waals surface area contributed by atoms with Gasteiger partial charge in [-0.1, -0.05) is 44.2 Å². The SMILES string of the molecule is CC(C)CN(Cc1cccc(OS(C)(=O)=O)c1)C(=O)c1ccccc1. The van der Waals surface area contributed by atoms with Crippen molar-refractivity contribution in [2.75, 3.05) is 12.8 Å². The van der Waals surface area contributed by atoms with Crippen molar-refractivity contribution < 1.29 is 17.4 Å². The van der Waals surface area contributed by atoms with Gasteiger partial charge in [-0.25, -0.2) is 0 Å². The van der Waals surface area contributed by atoms with Crippen molar-refractivity contribution in [3.8, 4) is 5.75 Å². The summed E-state index contributed by atoms with van der Waals surface area (Å²) in [6, 6.07) is 15.9. The van der Waals surface area contributed by atoms with Crippen molar-refractivity contribution in [3.05, 3.63) is 65.7 Å². The molecule has 2 rings (SSSR count). The second-order valence-electron chi connectivity index (χ2n) is 6.38. The number of carbonyl (C=O) groups is 1. The van der Waals surface area contributed by atoms with Crippen LogP contribution in [0.3, 0.4) is 0 Å². The fraction of sp³-hybridized carbons (Fsp3) is 0.316. The Labute approximate surface area is 149 Å². The number of amides is 1. The van der Waals surface area contributed by atoms with E-state index in [1.165, 1.54) is 0 Å². The van der Waals surface area contributed by atoms with Gasteiger partial charge in [0, 0.05) is 18.7 Å². The van der Waals surface area contributed by atoms with Crippen molar-refractivity contribution >= 4 is 16.0 Å². The van der Waals surface area contributed by atoms with E-state index in [0.717, 1.165) is 11.8 Å². The molecule has 0 N–H and O–H groups in total. The van der Waals surface area contributed by atoms with E-state index < -0.39 is 10.1 Å². The quantitative estimate of drug-likeness (QED) is 0.710. The first-order valence-corrected chi connectivity index (χ1v) is 9.89. The molecular weight excluding hydrogens is 338 g/mol. The van der Waals surface area contributed by atoms with E-state index >= 15 is 0 Å². The highest BCUT2D eigenvalue weighted by Crippen LogP contribution is 2.18. The lowest BCUT2D eigenvalue weighted by atomic mass is 10.1. The summed E-state index contributed by atoms with van der Waals surface area (Å²) in [7, 11) is -3.58. The van der Waals surface area contributed by atoms with Crippen molar-refractivity contribution in [3.63, 3.8) is 0 Å². The van der Waals surface area contributed by atoms with Crippen molar-refractivity contribution in [2.45, 2.75) is 20.4 Å². The normalized spacial score (nSPS) is 11.4. The maximum atomic E-state index is 12.8. The number of rotatable bonds is 7. The van der Waals surface area contributed by atoms with E-state index in [-0.39, 0.29) is 11.7 Å². The van der Waals surface area contributed by atoms with Gasteiger partial charge in [0.05, 0.1) is 6.26 Å². The molecule has 0 spiro atoms. The van der Waals surface area contributed by atoms with Crippen LogP contribution in [0.25, 0.3) is 0 Å². The molecule has 0 atom stereocenters. The maximum absolute atomic E-state index is 12.8. The largest absolute Gasteiger partial charge is 0.383 e. The second-order valence-corrected chi connectivity index (χ2v) is 7.96. The molecule has 6 heteroatoms. The number of nitrogens with zero attached hydrogens (tertiary/aromatic N) is 1. The van der Waals surface area contributed by atoms with E-state index in [4.69, 9.17) is 4.18 Å². The third-order valence-electron chi connectivity index (χ3n) is 3.41. The molecule has 2 aromatic carbocycles. The summed E-state index contributed by atoms with van der Waals surface area (Å²) in [4.78, 5) is 14.6. The van der Waals surface area contributed by atoms with Crippen LogP contribution >= 0.6 is 0 Å². The molecule has 134 valence electrons.